The maximum absolute atomic E-state index is 12.4. The quantitative estimate of drug-likeness (QED) is 0.873. The Kier molecular flexibility index (Phi) is 5.82. The van der Waals surface area contributed by atoms with Crippen LogP contribution in [0.2, 0.25) is 0 Å². The maximum atomic E-state index is 12.4. The number of amides is 2. The van der Waals surface area contributed by atoms with Crippen LogP contribution in [0.1, 0.15) is 24.8 Å². The first kappa shape index (κ1) is 16.9. The normalized spacial score (nSPS) is 22.2. The Labute approximate surface area is 142 Å². The molecule has 0 bridgehead atoms. The molecule has 0 spiro atoms. The summed E-state index contributed by atoms with van der Waals surface area (Å²) in [5.41, 5.74) is 1.24. The highest BCUT2D eigenvalue weighted by molar-refractivity contribution is 5.88. The van der Waals surface area contributed by atoms with Crippen LogP contribution in [0, 0.1) is 0 Å². The molecule has 1 aromatic carbocycles. The van der Waals surface area contributed by atoms with Gasteiger partial charge in [-0.25, -0.2) is 5.06 Å². The second kappa shape index (κ2) is 8.26. The first-order chi connectivity index (χ1) is 11.7. The van der Waals surface area contributed by atoms with E-state index in [9.17, 15) is 9.59 Å². The Morgan fingerprint density at radius 1 is 1.21 bits per heavy atom. The zero-order chi connectivity index (χ0) is 16.8. The SMILES string of the molecule is O=C1NCCN(CCc2ccccc2)C1CC(=O)N1CCCCO1. The summed E-state index contributed by atoms with van der Waals surface area (Å²) >= 11 is 0. The average molecular weight is 331 g/mol. The molecule has 6 nitrogen and oxygen atoms in total. The van der Waals surface area contributed by atoms with E-state index in [2.05, 4.69) is 22.3 Å². The van der Waals surface area contributed by atoms with Gasteiger partial charge in [-0.1, -0.05) is 30.3 Å². The van der Waals surface area contributed by atoms with Gasteiger partial charge in [-0.2, -0.15) is 0 Å². The molecule has 24 heavy (non-hydrogen) atoms. The van der Waals surface area contributed by atoms with E-state index in [0.29, 0.717) is 19.7 Å². The van der Waals surface area contributed by atoms with Crippen molar-refractivity contribution in [1.29, 1.82) is 0 Å². The molecule has 0 aromatic heterocycles. The molecule has 6 heteroatoms. The van der Waals surface area contributed by atoms with Crippen LogP contribution in [0.4, 0.5) is 0 Å². The topological polar surface area (TPSA) is 61.9 Å². The molecule has 0 radical (unpaired) electrons. The lowest BCUT2D eigenvalue weighted by Gasteiger charge is -2.36. The largest absolute Gasteiger partial charge is 0.353 e. The molecule has 1 aromatic rings. The second-order valence-electron chi connectivity index (χ2n) is 6.32. The summed E-state index contributed by atoms with van der Waals surface area (Å²) in [5, 5.41) is 4.31. The fourth-order valence-electron chi connectivity index (χ4n) is 3.23. The van der Waals surface area contributed by atoms with Crippen molar-refractivity contribution in [2.75, 3.05) is 32.8 Å². The van der Waals surface area contributed by atoms with Crippen molar-refractivity contribution in [1.82, 2.24) is 15.3 Å². The number of piperazine rings is 1. The number of hydrogen-bond acceptors (Lipinski definition) is 4. The zero-order valence-corrected chi connectivity index (χ0v) is 13.9. The molecule has 1 atom stereocenters. The maximum Gasteiger partial charge on any atom is 0.248 e. The Bertz CT molecular complexity index is 558. The highest BCUT2D eigenvalue weighted by Gasteiger charge is 2.33. The lowest BCUT2D eigenvalue weighted by molar-refractivity contribution is -0.198. The Morgan fingerprint density at radius 3 is 2.79 bits per heavy atom. The lowest BCUT2D eigenvalue weighted by atomic mass is 10.1. The molecule has 2 amide bonds. The average Bonchev–Trinajstić information content (AvgIpc) is 2.63. The first-order valence-electron chi connectivity index (χ1n) is 8.73. The van der Waals surface area contributed by atoms with Gasteiger partial charge in [-0.05, 0) is 24.8 Å². The minimum atomic E-state index is -0.402. The summed E-state index contributed by atoms with van der Waals surface area (Å²) in [6.45, 7) is 3.39. The number of nitrogens with zero attached hydrogens (tertiary/aromatic N) is 2. The summed E-state index contributed by atoms with van der Waals surface area (Å²) in [5.74, 6) is -0.152. The molecule has 1 unspecified atom stereocenters. The Balaban J connectivity index is 1.59. The van der Waals surface area contributed by atoms with Crippen molar-refractivity contribution < 1.29 is 14.4 Å². The number of carbonyl (C=O) groups excluding carboxylic acids is 2. The minimum absolute atomic E-state index is 0.0559. The summed E-state index contributed by atoms with van der Waals surface area (Å²) < 4.78 is 0. The van der Waals surface area contributed by atoms with Gasteiger partial charge in [0.25, 0.3) is 0 Å². The molecule has 0 aliphatic carbocycles. The van der Waals surface area contributed by atoms with Gasteiger partial charge in [0.15, 0.2) is 0 Å². The molecule has 2 aliphatic rings. The fraction of sp³-hybridized carbons (Fsp3) is 0.556. The van der Waals surface area contributed by atoms with Gasteiger partial charge in [0.2, 0.25) is 11.8 Å². The smallest absolute Gasteiger partial charge is 0.248 e. The van der Waals surface area contributed by atoms with E-state index in [1.165, 1.54) is 10.6 Å². The monoisotopic (exact) mass is 331 g/mol. The molecule has 2 saturated heterocycles. The van der Waals surface area contributed by atoms with Crippen LogP contribution >= 0.6 is 0 Å². The first-order valence-corrected chi connectivity index (χ1v) is 8.73. The third-order valence-corrected chi connectivity index (χ3v) is 4.62. The van der Waals surface area contributed by atoms with Crippen LogP contribution in [-0.2, 0) is 20.8 Å². The third kappa shape index (κ3) is 4.33. The van der Waals surface area contributed by atoms with Gasteiger partial charge in [0.1, 0.15) is 0 Å². The van der Waals surface area contributed by atoms with E-state index in [4.69, 9.17) is 4.84 Å². The highest BCUT2D eigenvalue weighted by atomic mass is 16.7. The number of carbonyl (C=O) groups is 2. The molecule has 130 valence electrons. The number of rotatable bonds is 5. The van der Waals surface area contributed by atoms with Crippen molar-refractivity contribution in [3.8, 4) is 0 Å². The standard InChI is InChI=1S/C18H25N3O3/c22-17(21-10-4-5-13-24-21)14-16-18(23)19-9-12-20(16)11-8-15-6-2-1-3-7-15/h1-3,6-7,16H,4-5,8-14H2,(H,19,23). The minimum Gasteiger partial charge on any atom is -0.353 e. The van der Waals surface area contributed by atoms with E-state index in [0.717, 1.165) is 32.4 Å². The fourth-order valence-corrected chi connectivity index (χ4v) is 3.23. The van der Waals surface area contributed by atoms with Crippen LogP contribution in [-0.4, -0.2) is 60.6 Å². The second-order valence-corrected chi connectivity index (χ2v) is 6.32. The summed E-state index contributed by atoms with van der Waals surface area (Å²) in [7, 11) is 0. The molecule has 2 fully saturated rings. The van der Waals surface area contributed by atoms with Crippen LogP contribution in [0.5, 0.6) is 0 Å². The number of hydrogen-bond donors (Lipinski definition) is 1. The third-order valence-electron chi connectivity index (χ3n) is 4.62. The van der Waals surface area contributed by atoms with Crippen LogP contribution < -0.4 is 5.32 Å². The van der Waals surface area contributed by atoms with Gasteiger partial charge >= 0.3 is 0 Å². The number of benzene rings is 1. The van der Waals surface area contributed by atoms with Crippen molar-refractivity contribution >= 4 is 11.8 Å². The van der Waals surface area contributed by atoms with Crippen molar-refractivity contribution in [2.45, 2.75) is 31.7 Å². The molecule has 1 N–H and O–H groups in total. The van der Waals surface area contributed by atoms with Crippen LogP contribution in [0.15, 0.2) is 30.3 Å². The van der Waals surface area contributed by atoms with Crippen molar-refractivity contribution in [2.24, 2.45) is 0 Å². The summed E-state index contributed by atoms with van der Waals surface area (Å²) in [4.78, 5) is 32.2. The Morgan fingerprint density at radius 2 is 2.04 bits per heavy atom. The lowest BCUT2D eigenvalue weighted by Crippen LogP contribution is -2.57. The van der Waals surface area contributed by atoms with Gasteiger partial charge in [-0.3, -0.25) is 19.3 Å². The van der Waals surface area contributed by atoms with E-state index < -0.39 is 6.04 Å². The van der Waals surface area contributed by atoms with E-state index in [-0.39, 0.29) is 18.2 Å². The zero-order valence-electron chi connectivity index (χ0n) is 13.9. The number of hydroxylamine groups is 2. The molecule has 2 aliphatic heterocycles. The molecule has 2 heterocycles. The summed E-state index contributed by atoms with van der Waals surface area (Å²) in [6.07, 6.45) is 3.00. The van der Waals surface area contributed by atoms with Gasteiger partial charge < -0.3 is 5.32 Å². The van der Waals surface area contributed by atoms with Crippen molar-refractivity contribution in [3.05, 3.63) is 35.9 Å². The predicted octanol–water partition coefficient (Wildman–Crippen LogP) is 0.974. The number of nitrogens with one attached hydrogen (secondary N) is 1. The van der Waals surface area contributed by atoms with Gasteiger partial charge in [0, 0.05) is 26.2 Å². The molecule has 0 saturated carbocycles. The molecular weight excluding hydrogens is 306 g/mol. The predicted molar refractivity (Wildman–Crippen MR) is 90.0 cm³/mol. The van der Waals surface area contributed by atoms with Crippen LogP contribution in [0.25, 0.3) is 0 Å². The van der Waals surface area contributed by atoms with Crippen LogP contribution in [0.3, 0.4) is 0 Å². The molecule has 3 rings (SSSR count). The highest BCUT2D eigenvalue weighted by Crippen LogP contribution is 2.15. The summed E-state index contributed by atoms with van der Waals surface area (Å²) in [6, 6.07) is 9.82. The van der Waals surface area contributed by atoms with E-state index in [1.807, 2.05) is 18.2 Å². The van der Waals surface area contributed by atoms with Crippen molar-refractivity contribution in [3.63, 3.8) is 0 Å². The van der Waals surface area contributed by atoms with Gasteiger partial charge in [-0.15, -0.1) is 0 Å². The van der Waals surface area contributed by atoms with E-state index in [1.54, 1.807) is 0 Å². The molecular formula is C18H25N3O3. The Hall–Kier alpha value is -1.92. The van der Waals surface area contributed by atoms with Gasteiger partial charge in [0.05, 0.1) is 19.1 Å². The van der Waals surface area contributed by atoms with E-state index >= 15 is 0 Å².